The van der Waals surface area contributed by atoms with Crippen molar-refractivity contribution in [3.05, 3.63) is 46.8 Å². The minimum absolute atomic E-state index is 0.0756. The largest absolute Gasteiger partial charge is 0.349 e. The van der Waals surface area contributed by atoms with E-state index in [2.05, 4.69) is 16.2 Å². The molecule has 0 aromatic heterocycles. The van der Waals surface area contributed by atoms with Crippen LogP contribution in [0.1, 0.15) is 11.1 Å². The van der Waals surface area contributed by atoms with E-state index < -0.39 is 0 Å². The van der Waals surface area contributed by atoms with Gasteiger partial charge in [0.2, 0.25) is 0 Å². The molecule has 0 aliphatic heterocycles. The SMILES string of the molecule is [C-]#[N+]CC(=O)NCCc1cccc(C)c1. The van der Waals surface area contributed by atoms with Gasteiger partial charge in [0.1, 0.15) is 0 Å². The maximum absolute atomic E-state index is 11.0. The van der Waals surface area contributed by atoms with Crippen LogP contribution in [0, 0.1) is 13.5 Å². The van der Waals surface area contributed by atoms with Crippen LogP contribution >= 0.6 is 0 Å². The molecule has 0 bridgehead atoms. The van der Waals surface area contributed by atoms with Gasteiger partial charge in [0.25, 0.3) is 12.5 Å². The average molecular weight is 202 g/mol. The molecule has 78 valence electrons. The third-order valence-electron chi connectivity index (χ3n) is 2.04. The Labute approximate surface area is 89.9 Å². The van der Waals surface area contributed by atoms with E-state index in [1.807, 2.05) is 25.1 Å². The number of carbonyl (C=O) groups excluding carboxylic acids is 1. The minimum Gasteiger partial charge on any atom is -0.349 e. The molecule has 3 heteroatoms. The molecule has 1 aromatic rings. The fourth-order valence-electron chi connectivity index (χ4n) is 1.34. The van der Waals surface area contributed by atoms with Crippen LogP contribution in [-0.2, 0) is 11.2 Å². The van der Waals surface area contributed by atoms with E-state index in [1.165, 1.54) is 11.1 Å². The van der Waals surface area contributed by atoms with E-state index in [9.17, 15) is 4.79 Å². The number of aryl methyl sites for hydroxylation is 1. The number of nitrogens with zero attached hydrogens (tertiary/aromatic N) is 1. The molecular weight excluding hydrogens is 188 g/mol. The molecule has 0 saturated heterocycles. The first-order valence-electron chi connectivity index (χ1n) is 4.88. The monoisotopic (exact) mass is 202 g/mol. The molecule has 0 heterocycles. The number of hydrogen-bond donors (Lipinski definition) is 1. The minimum atomic E-state index is -0.197. The lowest BCUT2D eigenvalue weighted by molar-refractivity contribution is -0.119. The zero-order chi connectivity index (χ0) is 11.1. The predicted molar refractivity (Wildman–Crippen MR) is 59.4 cm³/mol. The average Bonchev–Trinajstić information content (AvgIpc) is 2.18. The zero-order valence-electron chi connectivity index (χ0n) is 8.79. The summed E-state index contributed by atoms with van der Waals surface area (Å²) in [6, 6.07) is 8.18. The molecule has 0 aliphatic carbocycles. The van der Waals surface area contributed by atoms with Crippen molar-refractivity contribution in [3.63, 3.8) is 0 Å². The Morgan fingerprint density at radius 2 is 2.33 bits per heavy atom. The number of hydrogen-bond acceptors (Lipinski definition) is 1. The van der Waals surface area contributed by atoms with Crippen molar-refractivity contribution in [2.24, 2.45) is 0 Å². The van der Waals surface area contributed by atoms with E-state index in [0.29, 0.717) is 6.54 Å². The topological polar surface area (TPSA) is 33.5 Å². The first-order chi connectivity index (χ1) is 7.22. The van der Waals surface area contributed by atoms with Gasteiger partial charge >= 0.3 is 0 Å². The molecule has 15 heavy (non-hydrogen) atoms. The van der Waals surface area contributed by atoms with Gasteiger partial charge in [-0.05, 0) is 18.9 Å². The van der Waals surface area contributed by atoms with Crippen molar-refractivity contribution in [2.75, 3.05) is 13.1 Å². The van der Waals surface area contributed by atoms with Gasteiger partial charge in [-0.25, -0.2) is 6.57 Å². The quantitative estimate of drug-likeness (QED) is 0.739. The smallest absolute Gasteiger partial charge is 0.300 e. The number of carbonyl (C=O) groups is 1. The molecule has 0 radical (unpaired) electrons. The van der Waals surface area contributed by atoms with E-state index in [0.717, 1.165) is 6.42 Å². The summed E-state index contributed by atoms with van der Waals surface area (Å²) < 4.78 is 0. The second kappa shape index (κ2) is 5.82. The van der Waals surface area contributed by atoms with Crippen molar-refractivity contribution in [3.8, 4) is 0 Å². The summed E-state index contributed by atoms with van der Waals surface area (Å²) in [5, 5.41) is 2.70. The third-order valence-corrected chi connectivity index (χ3v) is 2.04. The summed E-state index contributed by atoms with van der Waals surface area (Å²) in [5.41, 5.74) is 2.43. The van der Waals surface area contributed by atoms with Gasteiger partial charge < -0.3 is 10.2 Å². The second-order valence-corrected chi connectivity index (χ2v) is 3.41. The van der Waals surface area contributed by atoms with Crippen LogP contribution in [0.2, 0.25) is 0 Å². The summed E-state index contributed by atoms with van der Waals surface area (Å²) >= 11 is 0. The Kier molecular flexibility index (Phi) is 4.36. The molecule has 3 nitrogen and oxygen atoms in total. The van der Waals surface area contributed by atoms with Crippen molar-refractivity contribution < 1.29 is 4.79 Å². The summed E-state index contributed by atoms with van der Waals surface area (Å²) in [6.45, 7) is 9.09. The van der Waals surface area contributed by atoms with E-state index in [1.54, 1.807) is 0 Å². The highest BCUT2D eigenvalue weighted by Crippen LogP contribution is 2.03. The van der Waals surface area contributed by atoms with Crippen molar-refractivity contribution in [1.82, 2.24) is 5.32 Å². The van der Waals surface area contributed by atoms with Crippen LogP contribution in [0.4, 0.5) is 0 Å². The Morgan fingerprint density at radius 1 is 1.53 bits per heavy atom. The number of nitrogens with one attached hydrogen (secondary N) is 1. The van der Waals surface area contributed by atoms with Crippen LogP contribution in [0.25, 0.3) is 4.85 Å². The van der Waals surface area contributed by atoms with E-state index in [-0.39, 0.29) is 12.5 Å². The van der Waals surface area contributed by atoms with Gasteiger partial charge in [0.05, 0.1) is 0 Å². The molecule has 0 aliphatic rings. The van der Waals surface area contributed by atoms with E-state index in [4.69, 9.17) is 6.57 Å². The standard InChI is InChI=1S/C12H14N2O/c1-10-4-3-5-11(8-10)6-7-14-12(15)9-13-2/h3-5,8H,6-7,9H2,1H3,(H,14,15). The maximum Gasteiger partial charge on any atom is 0.300 e. The van der Waals surface area contributed by atoms with Crippen LogP contribution in [0.15, 0.2) is 24.3 Å². The van der Waals surface area contributed by atoms with Crippen LogP contribution in [-0.4, -0.2) is 19.0 Å². The van der Waals surface area contributed by atoms with Gasteiger partial charge in [-0.3, -0.25) is 4.79 Å². The van der Waals surface area contributed by atoms with Gasteiger partial charge in [-0.2, -0.15) is 0 Å². The molecule has 1 amide bonds. The molecule has 1 N–H and O–H groups in total. The lowest BCUT2D eigenvalue weighted by Crippen LogP contribution is -2.27. The van der Waals surface area contributed by atoms with Crippen LogP contribution in [0.5, 0.6) is 0 Å². The van der Waals surface area contributed by atoms with E-state index >= 15 is 0 Å². The van der Waals surface area contributed by atoms with Gasteiger partial charge in [-0.1, -0.05) is 29.8 Å². The number of rotatable bonds is 4. The maximum atomic E-state index is 11.0. The van der Waals surface area contributed by atoms with Crippen molar-refractivity contribution in [1.29, 1.82) is 0 Å². The fourth-order valence-corrected chi connectivity index (χ4v) is 1.34. The van der Waals surface area contributed by atoms with Crippen molar-refractivity contribution in [2.45, 2.75) is 13.3 Å². The summed E-state index contributed by atoms with van der Waals surface area (Å²) in [5.74, 6) is -0.197. The molecule has 0 unspecified atom stereocenters. The van der Waals surface area contributed by atoms with Crippen LogP contribution < -0.4 is 5.32 Å². The highest BCUT2D eigenvalue weighted by molar-refractivity contribution is 5.79. The Hall–Kier alpha value is -1.82. The number of amides is 1. The molecule has 1 aromatic carbocycles. The third kappa shape index (κ3) is 4.28. The van der Waals surface area contributed by atoms with Crippen molar-refractivity contribution >= 4 is 5.91 Å². The highest BCUT2D eigenvalue weighted by Gasteiger charge is 2.01. The Bertz CT molecular complexity index is 379. The Balaban J connectivity index is 2.32. The predicted octanol–water partition coefficient (Wildman–Crippen LogP) is 1.57. The highest BCUT2D eigenvalue weighted by atomic mass is 16.1. The van der Waals surface area contributed by atoms with Gasteiger partial charge in [0, 0.05) is 6.54 Å². The fraction of sp³-hybridized carbons (Fsp3) is 0.333. The first-order valence-corrected chi connectivity index (χ1v) is 4.88. The molecule has 0 fully saturated rings. The lowest BCUT2D eigenvalue weighted by Gasteiger charge is -2.03. The molecule has 0 atom stereocenters. The van der Waals surface area contributed by atoms with Gasteiger partial charge in [0.15, 0.2) is 0 Å². The summed E-state index contributed by atoms with van der Waals surface area (Å²) in [4.78, 5) is 14.0. The summed E-state index contributed by atoms with van der Waals surface area (Å²) in [7, 11) is 0. The molecular formula is C12H14N2O. The molecule has 1 rings (SSSR count). The Morgan fingerprint density at radius 3 is 3.00 bits per heavy atom. The number of benzene rings is 1. The normalized spacial score (nSPS) is 9.33. The van der Waals surface area contributed by atoms with Crippen LogP contribution in [0.3, 0.4) is 0 Å². The molecule has 0 saturated carbocycles. The summed E-state index contributed by atoms with van der Waals surface area (Å²) in [6.07, 6.45) is 0.811. The zero-order valence-corrected chi connectivity index (χ0v) is 8.79. The lowest BCUT2D eigenvalue weighted by atomic mass is 10.1. The molecule has 0 spiro atoms. The second-order valence-electron chi connectivity index (χ2n) is 3.41. The first kappa shape index (κ1) is 11.3. The van der Waals surface area contributed by atoms with Gasteiger partial charge in [-0.15, -0.1) is 0 Å².